The van der Waals surface area contributed by atoms with Crippen LogP contribution in [0.5, 0.6) is 0 Å². The molecule has 0 spiro atoms. The van der Waals surface area contributed by atoms with Gasteiger partial charge in [-0.1, -0.05) is 0 Å². The molecule has 0 radical (unpaired) electrons. The van der Waals surface area contributed by atoms with Crippen molar-refractivity contribution in [2.24, 2.45) is 11.7 Å². The molecular weight excluding hydrogens is 202 g/mol. The molecule has 2 N–H and O–H groups in total. The number of hydrogen-bond acceptors (Lipinski definition) is 3. The molecule has 4 heteroatoms. The molecule has 1 aromatic rings. The minimum absolute atomic E-state index is 0.0604. The van der Waals surface area contributed by atoms with Crippen LogP contribution >= 0.6 is 0 Å². The van der Waals surface area contributed by atoms with Gasteiger partial charge in [-0.05, 0) is 25.7 Å². The van der Waals surface area contributed by atoms with E-state index in [9.17, 15) is 0 Å². The van der Waals surface area contributed by atoms with Crippen molar-refractivity contribution < 1.29 is 4.74 Å². The predicted octanol–water partition coefficient (Wildman–Crippen LogP) is 1.20. The van der Waals surface area contributed by atoms with E-state index in [2.05, 4.69) is 16.5 Å². The minimum Gasteiger partial charge on any atom is -0.380 e. The number of methoxy groups -OCH3 is 1. The summed E-state index contributed by atoms with van der Waals surface area (Å²) in [6, 6.07) is 0.0604. The molecule has 1 aliphatic rings. The van der Waals surface area contributed by atoms with Gasteiger partial charge < -0.3 is 15.0 Å². The number of ether oxygens (including phenoxy) is 1. The largest absolute Gasteiger partial charge is 0.380 e. The van der Waals surface area contributed by atoms with Gasteiger partial charge in [0.2, 0.25) is 0 Å². The number of aromatic nitrogens is 2. The molecule has 0 saturated heterocycles. The van der Waals surface area contributed by atoms with Crippen LogP contribution in [0.15, 0.2) is 12.4 Å². The third-order valence-electron chi connectivity index (χ3n) is 3.34. The second-order valence-corrected chi connectivity index (χ2v) is 4.54. The highest BCUT2D eigenvalue weighted by molar-refractivity contribution is 4.99. The maximum Gasteiger partial charge on any atom is 0.110 e. The molecule has 2 unspecified atom stereocenters. The zero-order valence-electron chi connectivity index (χ0n) is 10.1. The second kappa shape index (κ2) is 4.97. The van der Waals surface area contributed by atoms with Crippen LogP contribution in [0.1, 0.15) is 25.6 Å². The molecule has 1 aliphatic carbocycles. The Morgan fingerprint density at radius 1 is 1.62 bits per heavy atom. The Labute approximate surface area is 96.8 Å². The Morgan fingerprint density at radius 2 is 2.38 bits per heavy atom. The second-order valence-electron chi connectivity index (χ2n) is 4.54. The summed E-state index contributed by atoms with van der Waals surface area (Å²) in [4.78, 5) is 4.35. The van der Waals surface area contributed by atoms with Crippen LogP contribution in [0.4, 0.5) is 0 Å². The molecule has 4 nitrogen and oxygen atoms in total. The Kier molecular flexibility index (Phi) is 3.61. The summed E-state index contributed by atoms with van der Waals surface area (Å²) in [7, 11) is 1.76. The van der Waals surface area contributed by atoms with Crippen LogP contribution in [0, 0.1) is 5.92 Å². The first kappa shape index (κ1) is 11.6. The lowest BCUT2D eigenvalue weighted by Crippen LogP contribution is -2.40. The lowest BCUT2D eigenvalue weighted by Gasteiger charge is -2.22. The van der Waals surface area contributed by atoms with Crippen molar-refractivity contribution in [1.82, 2.24) is 9.55 Å². The van der Waals surface area contributed by atoms with Crippen LogP contribution in [0.25, 0.3) is 0 Å². The standard InChI is InChI=1S/C12H21N3O/c1-3-15-7-6-14-11(15)8-10(13)12(16-2)9-4-5-9/h6-7,9-10,12H,3-5,8,13H2,1-2H3. The Hall–Kier alpha value is -0.870. The van der Waals surface area contributed by atoms with Gasteiger partial charge >= 0.3 is 0 Å². The maximum absolute atomic E-state index is 6.21. The highest BCUT2D eigenvalue weighted by Crippen LogP contribution is 2.35. The van der Waals surface area contributed by atoms with Gasteiger partial charge in [-0.2, -0.15) is 0 Å². The third-order valence-corrected chi connectivity index (χ3v) is 3.34. The third kappa shape index (κ3) is 2.44. The minimum atomic E-state index is 0.0604. The summed E-state index contributed by atoms with van der Waals surface area (Å²) < 4.78 is 7.63. The van der Waals surface area contributed by atoms with Crippen molar-refractivity contribution in [3.63, 3.8) is 0 Å². The first-order valence-electron chi connectivity index (χ1n) is 6.04. The Morgan fingerprint density at radius 3 is 2.94 bits per heavy atom. The number of nitrogens with two attached hydrogens (primary N) is 1. The first-order valence-corrected chi connectivity index (χ1v) is 6.04. The zero-order valence-corrected chi connectivity index (χ0v) is 10.1. The van der Waals surface area contributed by atoms with Gasteiger partial charge in [0.15, 0.2) is 0 Å². The van der Waals surface area contributed by atoms with E-state index in [-0.39, 0.29) is 12.1 Å². The Bertz CT molecular complexity index is 333. The van der Waals surface area contributed by atoms with E-state index in [1.807, 2.05) is 12.4 Å². The van der Waals surface area contributed by atoms with Crippen LogP contribution in [-0.4, -0.2) is 28.8 Å². The van der Waals surface area contributed by atoms with Crippen molar-refractivity contribution in [3.05, 3.63) is 18.2 Å². The van der Waals surface area contributed by atoms with Gasteiger partial charge in [0.05, 0.1) is 6.10 Å². The lowest BCUT2D eigenvalue weighted by molar-refractivity contribution is 0.0619. The lowest BCUT2D eigenvalue weighted by atomic mass is 10.0. The summed E-state index contributed by atoms with van der Waals surface area (Å²) in [5, 5.41) is 0. The molecule has 1 saturated carbocycles. The maximum atomic E-state index is 6.21. The van der Waals surface area contributed by atoms with Gasteiger partial charge in [-0.25, -0.2) is 4.98 Å². The quantitative estimate of drug-likeness (QED) is 0.788. The molecule has 0 amide bonds. The summed E-state index contributed by atoms with van der Waals surface area (Å²) >= 11 is 0. The monoisotopic (exact) mass is 223 g/mol. The van der Waals surface area contributed by atoms with E-state index in [0.717, 1.165) is 18.8 Å². The fraction of sp³-hybridized carbons (Fsp3) is 0.750. The average Bonchev–Trinajstić information content (AvgIpc) is 3.00. The van der Waals surface area contributed by atoms with E-state index < -0.39 is 0 Å². The highest BCUT2D eigenvalue weighted by atomic mass is 16.5. The average molecular weight is 223 g/mol. The van der Waals surface area contributed by atoms with E-state index in [1.54, 1.807) is 7.11 Å². The van der Waals surface area contributed by atoms with Gasteiger partial charge in [-0.15, -0.1) is 0 Å². The molecule has 2 atom stereocenters. The molecule has 0 aromatic carbocycles. The highest BCUT2D eigenvalue weighted by Gasteiger charge is 2.35. The molecule has 1 aromatic heterocycles. The van der Waals surface area contributed by atoms with Crippen LogP contribution < -0.4 is 5.73 Å². The summed E-state index contributed by atoms with van der Waals surface area (Å²) in [5.41, 5.74) is 6.21. The molecule has 16 heavy (non-hydrogen) atoms. The summed E-state index contributed by atoms with van der Waals surface area (Å²) in [6.45, 7) is 3.06. The van der Waals surface area contributed by atoms with Gasteiger partial charge in [-0.3, -0.25) is 0 Å². The van der Waals surface area contributed by atoms with Crippen molar-refractivity contribution >= 4 is 0 Å². The predicted molar refractivity (Wildman–Crippen MR) is 63.1 cm³/mol. The van der Waals surface area contributed by atoms with Crippen LogP contribution in [-0.2, 0) is 17.7 Å². The first-order chi connectivity index (χ1) is 7.76. The van der Waals surface area contributed by atoms with Crippen molar-refractivity contribution in [2.75, 3.05) is 7.11 Å². The van der Waals surface area contributed by atoms with Crippen molar-refractivity contribution in [2.45, 2.75) is 44.9 Å². The smallest absolute Gasteiger partial charge is 0.110 e. The fourth-order valence-corrected chi connectivity index (χ4v) is 2.29. The number of rotatable bonds is 6. The molecule has 1 heterocycles. The number of imidazole rings is 1. The normalized spacial score (nSPS) is 19.7. The van der Waals surface area contributed by atoms with Gasteiger partial charge in [0.1, 0.15) is 5.82 Å². The number of hydrogen-bond donors (Lipinski definition) is 1. The topological polar surface area (TPSA) is 53.1 Å². The zero-order chi connectivity index (χ0) is 11.5. The van der Waals surface area contributed by atoms with Crippen LogP contribution in [0.2, 0.25) is 0 Å². The number of aryl methyl sites for hydroxylation is 1. The number of nitrogens with zero attached hydrogens (tertiary/aromatic N) is 2. The van der Waals surface area contributed by atoms with Crippen LogP contribution in [0.3, 0.4) is 0 Å². The molecule has 0 bridgehead atoms. The molecular formula is C12H21N3O. The molecule has 1 fully saturated rings. The Balaban J connectivity index is 1.97. The van der Waals surface area contributed by atoms with Gasteiger partial charge in [0, 0.05) is 38.5 Å². The summed E-state index contributed by atoms with van der Waals surface area (Å²) in [5.74, 6) is 1.74. The SMILES string of the molecule is CCn1ccnc1CC(N)C(OC)C1CC1. The fourth-order valence-electron chi connectivity index (χ4n) is 2.29. The van der Waals surface area contributed by atoms with E-state index in [0.29, 0.717) is 5.92 Å². The molecule has 0 aliphatic heterocycles. The van der Waals surface area contributed by atoms with Crippen molar-refractivity contribution in [1.29, 1.82) is 0 Å². The van der Waals surface area contributed by atoms with Crippen molar-refractivity contribution in [3.8, 4) is 0 Å². The van der Waals surface area contributed by atoms with E-state index in [1.165, 1.54) is 12.8 Å². The van der Waals surface area contributed by atoms with E-state index in [4.69, 9.17) is 10.5 Å². The molecule has 2 rings (SSSR count). The van der Waals surface area contributed by atoms with Gasteiger partial charge in [0.25, 0.3) is 0 Å². The van der Waals surface area contributed by atoms with E-state index >= 15 is 0 Å². The summed E-state index contributed by atoms with van der Waals surface area (Å²) in [6.07, 6.45) is 7.35. The molecule has 90 valence electrons.